The van der Waals surface area contributed by atoms with Crippen molar-refractivity contribution in [3.8, 4) is 0 Å². The van der Waals surface area contributed by atoms with Gasteiger partial charge in [0.1, 0.15) is 12.3 Å². The molecular formula is C17H16NO4-. The molecule has 2 aromatic carbocycles. The maximum absolute atomic E-state index is 11.1. The SMILES string of the molecule is O=C([O-])C(CC(O)c1ccccc1)=NOCc1ccccc1. The number of carboxylic acid groups (broad SMARTS) is 1. The van der Waals surface area contributed by atoms with Crippen LogP contribution in [0.3, 0.4) is 0 Å². The molecule has 0 saturated heterocycles. The van der Waals surface area contributed by atoms with E-state index >= 15 is 0 Å². The smallest absolute Gasteiger partial charge is 0.142 e. The maximum atomic E-state index is 11.1. The normalized spacial score (nSPS) is 12.7. The van der Waals surface area contributed by atoms with Crippen LogP contribution in [0.5, 0.6) is 0 Å². The Morgan fingerprint density at radius 2 is 1.68 bits per heavy atom. The van der Waals surface area contributed by atoms with Crippen LogP contribution < -0.4 is 5.11 Å². The standard InChI is InChI=1S/C17H17NO4/c19-16(14-9-5-2-6-10-14)11-15(17(20)21)18-22-12-13-7-3-1-4-8-13/h1-10,16,19H,11-12H2,(H,20,21)/p-1. The van der Waals surface area contributed by atoms with Crippen molar-refractivity contribution in [3.05, 3.63) is 71.8 Å². The zero-order valence-electron chi connectivity index (χ0n) is 11.9. The first-order valence-electron chi connectivity index (χ1n) is 6.84. The van der Waals surface area contributed by atoms with E-state index in [1.54, 1.807) is 24.3 Å². The highest BCUT2D eigenvalue weighted by molar-refractivity contribution is 6.34. The number of carboxylic acids is 1. The van der Waals surface area contributed by atoms with Gasteiger partial charge in [-0.2, -0.15) is 0 Å². The predicted molar refractivity (Wildman–Crippen MR) is 79.7 cm³/mol. The molecule has 2 rings (SSSR count). The second kappa shape index (κ2) is 7.95. The van der Waals surface area contributed by atoms with Crippen molar-refractivity contribution in [1.29, 1.82) is 0 Å². The number of nitrogens with zero attached hydrogens (tertiary/aromatic N) is 1. The summed E-state index contributed by atoms with van der Waals surface area (Å²) in [5.41, 5.74) is 1.15. The summed E-state index contributed by atoms with van der Waals surface area (Å²) in [6, 6.07) is 18.0. The first-order chi connectivity index (χ1) is 10.7. The molecule has 5 nitrogen and oxygen atoms in total. The molecule has 2 aromatic rings. The van der Waals surface area contributed by atoms with Gasteiger partial charge < -0.3 is 19.8 Å². The summed E-state index contributed by atoms with van der Waals surface area (Å²) in [6.07, 6.45) is -1.15. The third-order valence-electron chi connectivity index (χ3n) is 3.06. The number of benzene rings is 2. The Hall–Kier alpha value is -2.66. The van der Waals surface area contributed by atoms with E-state index in [9.17, 15) is 15.0 Å². The van der Waals surface area contributed by atoms with Crippen LogP contribution in [0.4, 0.5) is 0 Å². The van der Waals surface area contributed by atoms with Gasteiger partial charge in [-0.25, -0.2) is 0 Å². The van der Waals surface area contributed by atoms with Crippen LogP contribution in [0.2, 0.25) is 0 Å². The van der Waals surface area contributed by atoms with Crippen molar-refractivity contribution in [2.45, 2.75) is 19.1 Å². The van der Waals surface area contributed by atoms with Gasteiger partial charge in [0.15, 0.2) is 0 Å². The first-order valence-corrected chi connectivity index (χ1v) is 6.84. The fourth-order valence-electron chi connectivity index (χ4n) is 1.89. The van der Waals surface area contributed by atoms with Gasteiger partial charge in [-0.15, -0.1) is 0 Å². The molecule has 0 heterocycles. The van der Waals surface area contributed by atoms with Gasteiger partial charge in [0.25, 0.3) is 0 Å². The lowest BCUT2D eigenvalue weighted by molar-refractivity contribution is -0.294. The van der Waals surface area contributed by atoms with Gasteiger partial charge in [-0.1, -0.05) is 65.8 Å². The van der Waals surface area contributed by atoms with Crippen LogP contribution in [-0.2, 0) is 16.2 Å². The minimum atomic E-state index is -1.46. The average Bonchev–Trinajstić information content (AvgIpc) is 2.55. The summed E-state index contributed by atoms with van der Waals surface area (Å²) >= 11 is 0. The molecule has 0 spiro atoms. The van der Waals surface area contributed by atoms with Gasteiger partial charge in [0.05, 0.1) is 12.1 Å². The predicted octanol–water partition coefficient (Wildman–Crippen LogP) is 1.43. The van der Waals surface area contributed by atoms with Crippen LogP contribution in [0.1, 0.15) is 23.7 Å². The van der Waals surface area contributed by atoms with E-state index in [2.05, 4.69) is 5.16 Å². The third-order valence-corrected chi connectivity index (χ3v) is 3.06. The van der Waals surface area contributed by atoms with Gasteiger partial charge in [-0.3, -0.25) is 0 Å². The molecule has 1 N–H and O–H groups in total. The van der Waals surface area contributed by atoms with Crippen molar-refractivity contribution in [2.75, 3.05) is 0 Å². The number of aliphatic hydroxyl groups is 1. The minimum Gasteiger partial charge on any atom is -0.543 e. The maximum Gasteiger partial charge on any atom is 0.142 e. The molecule has 5 heteroatoms. The molecular weight excluding hydrogens is 282 g/mol. The fraction of sp³-hybridized carbons (Fsp3) is 0.176. The molecule has 0 aromatic heterocycles. The monoisotopic (exact) mass is 298 g/mol. The number of carbonyl (C=O) groups is 1. The zero-order chi connectivity index (χ0) is 15.8. The highest BCUT2D eigenvalue weighted by Crippen LogP contribution is 2.16. The molecule has 1 unspecified atom stereocenters. The molecule has 22 heavy (non-hydrogen) atoms. The Kier molecular flexibility index (Phi) is 5.68. The van der Waals surface area contributed by atoms with E-state index < -0.39 is 12.1 Å². The van der Waals surface area contributed by atoms with Crippen molar-refractivity contribution in [3.63, 3.8) is 0 Å². The second-order valence-corrected chi connectivity index (χ2v) is 4.72. The Labute approximate surface area is 128 Å². The van der Waals surface area contributed by atoms with Crippen LogP contribution in [0.25, 0.3) is 0 Å². The van der Waals surface area contributed by atoms with Gasteiger partial charge in [0, 0.05) is 6.42 Å². The van der Waals surface area contributed by atoms with Gasteiger partial charge in [0.2, 0.25) is 0 Å². The van der Waals surface area contributed by atoms with E-state index in [0.717, 1.165) is 5.56 Å². The molecule has 0 saturated carbocycles. The van der Waals surface area contributed by atoms with Gasteiger partial charge in [-0.05, 0) is 11.1 Å². The summed E-state index contributed by atoms with van der Waals surface area (Å²) in [7, 11) is 0. The summed E-state index contributed by atoms with van der Waals surface area (Å²) in [6.45, 7) is 0.152. The molecule has 0 aliphatic rings. The largest absolute Gasteiger partial charge is 0.543 e. The summed E-state index contributed by atoms with van der Waals surface area (Å²) < 4.78 is 0. The second-order valence-electron chi connectivity index (χ2n) is 4.72. The number of rotatable bonds is 7. The topological polar surface area (TPSA) is 82.0 Å². The lowest BCUT2D eigenvalue weighted by Crippen LogP contribution is -2.33. The fourth-order valence-corrected chi connectivity index (χ4v) is 1.89. The average molecular weight is 298 g/mol. The summed E-state index contributed by atoms with van der Waals surface area (Å²) in [5, 5.41) is 24.7. The number of aliphatic hydroxyl groups excluding tert-OH is 1. The molecule has 0 bridgehead atoms. The van der Waals surface area contributed by atoms with E-state index in [-0.39, 0.29) is 18.7 Å². The quantitative estimate of drug-likeness (QED) is 0.619. The Bertz CT molecular complexity index is 626. The molecule has 0 amide bonds. The summed E-state index contributed by atoms with van der Waals surface area (Å²) in [4.78, 5) is 16.1. The number of aliphatic carboxylic acids is 1. The molecule has 114 valence electrons. The number of hydrogen-bond acceptors (Lipinski definition) is 5. The van der Waals surface area contributed by atoms with E-state index in [1.807, 2.05) is 36.4 Å². The Morgan fingerprint density at radius 3 is 2.27 bits per heavy atom. The van der Waals surface area contributed by atoms with Crippen LogP contribution >= 0.6 is 0 Å². The van der Waals surface area contributed by atoms with Crippen LogP contribution in [0.15, 0.2) is 65.8 Å². The van der Waals surface area contributed by atoms with Crippen molar-refractivity contribution >= 4 is 11.7 Å². The Morgan fingerprint density at radius 1 is 1.09 bits per heavy atom. The van der Waals surface area contributed by atoms with E-state index in [0.29, 0.717) is 5.56 Å². The third kappa shape index (κ3) is 4.71. The van der Waals surface area contributed by atoms with Crippen molar-refractivity contribution in [2.24, 2.45) is 5.16 Å². The molecule has 0 aliphatic heterocycles. The number of carbonyl (C=O) groups excluding carboxylic acids is 1. The van der Waals surface area contributed by atoms with E-state index in [4.69, 9.17) is 4.84 Å². The van der Waals surface area contributed by atoms with Gasteiger partial charge >= 0.3 is 0 Å². The molecule has 0 radical (unpaired) electrons. The molecule has 0 aliphatic carbocycles. The number of oxime groups is 1. The van der Waals surface area contributed by atoms with E-state index in [1.165, 1.54) is 0 Å². The van der Waals surface area contributed by atoms with Crippen molar-refractivity contribution < 1.29 is 19.8 Å². The first kappa shape index (κ1) is 15.7. The lowest BCUT2D eigenvalue weighted by atomic mass is 10.0. The highest BCUT2D eigenvalue weighted by Gasteiger charge is 2.13. The molecule has 0 fully saturated rings. The van der Waals surface area contributed by atoms with Crippen LogP contribution in [0, 0.1) is 0 Å². The number of hydrogen-bond donors (Lipinski definition) is 1. The molecule has 1 atom stereocenters. The van der Waals surface area contributed by atoms with Crippen molar-refractivity contribution in [1.82, 2.24) is 0 Å². The zero-order valence-corrected chi connectivity index (χ0v) is 11.9. The highest BCUT2D eigenvalue weighted by atomic mass is 16.6. The lowest BCUT2D eigenvalue weighted by Gasteiger charge is -2.13. The Balaban J connectivity index is 1.97. The van der Waals surface area contributed by atoms with Crippen LogP contribution in [-0.4, -0.2) is 16.8 Å². The minimum absolute atomic E-state index is 0.152. The summed E-state index contributed by atoms with van der Waals surface area (Å²) in [5.74, 6) is -1.46.